The largest absolute Gasteiger partial charge is 0.396 e. The predicted octanol–water partition coefficient (Wildman–Crippen LogP) is 2.55. The van der Waals surface area contributed by atoms with Crippen molar-refractivity contribution >= 4 is 40.2 Å². The van der Waals surface area contributed by atoms with E-state index < -0.39 is 17.8 Å². The van der Waals surface area contributed by atoms with E-state index in [4.69, 9.17) is 17.3 Å². The summed E-state index contributed by atoms with van der Waals surface area (Å²) in [5.41, 5.74) is 7.25. The molecule has 3 amide bonds. The Balaban J connectivity index is 1.38. The van der Waals surface area contributed by atoms with E-state index in [0.717, 1.165) is 24.8 Å². The van der Waals surface area contributed by atoms with Crippen molar-refractivity contribution in [3.8, 4) is 0 Å². The number of hydrogen-bond acceptors (Lipinski definition) is 5. The number of carbonyl (C=O) groups is 3. The molecule has 2 aliphatic rings. The molecule has 2 heterocycles. The topological polar surface area (TPSA) is 131 Å². The number of benzene rings is 2. The molecule has 9 nitrogen and oxygen atoms in total. The summed E-state index contributed by atoms with van der Waals surface area (Å²) in [6.07, 6.45) is 3.51. The van der Waals surface area contributed by atoms with E-state index >= 15 is 0 Å². The maximum Gasteiger partial charge on any atom is 0.269 e. The summed E-state index contributed by atoms with van der Waals surface area (Å²) < 4.78 is 15.8. The van der Waals surface area contributed by atoms with Crippen LogP contribution in [0.15, 0.2) is 36.4 Å². The Kier molecular flexibility index (Phi) is 7.36. The maximum absolute atomic E-state index is 14.3. The number of likely N-dealkylation sites (tertiary alicyclic amines) is 1. The second-order valence-electron chi connectivity index (χ2n) is 10.0. The van der Waals surface area contributed by atoms with Crippen LogP contribution >= 0.6 is 11.6 Å². The van der Waals surface area contributed by atoms with Gasteiger partial charge < -0.3 is 21.1 Å². The van der Waals surface area contributed by atoms with Crippen LogP contribution in [0.4, 0.5) is 4.39 Å². The molecule has 4 N–H and O–H groups in total. The zero-order valence-electron chi connectivity index (χ0n) is 20.7. The molecule has 3 aromatic rings. The number of fused-ring (bicyclic) bond motifs is 3. The van der Waals surface area contributed by atoms with Gasteiger partial charge >= 0.3 is 0 Å². The number of nitrogens with zero attached hydrogens (tertiary/aromatic N) is 3. The summed E-state index contributed by atoms with van der Waals surface area (Å²) in [4.78, 5) is 40.7. The number of nitrogens with one attached hydrogen (secondary N) is 1. The normalized spacial score (nSPS) is 20.6. The van der Waals surface area contributed by atoms with Crippen LogP contribution in [-0.4, -0.2) is 56.2 Å². The van der Waals surface area contributed by atoms with Crippen LogP contribution < -0.4 is 11.1 Å². The number of amides is 3. The summed E-state index contributed by atoms with van der Waals surface area (Å²) in [7, 11) is 0. The molecule has 2 aromatic carbocycles. The van der Waals surface area contributed by atoms with Crippen LogP contribution in [0.1, 0.15) is 47.3 Å². The smallest absolute Gasteiger partial charge is 0.269 e. The molecule has 1 aromatic heterocycles. The van der Waals surface area contributed by atoms with Gasteiger partial charge in [-0.05, 0) is 61.8 Å². The lowest BCUT2D eigenvalue weighted by molar-refractivity contribution is -0.146. The summed E-state index contributed by atoms with van der Waals surface area (Å²) in [5.74, 6) is -1.58. The SMILES string of the molecule is NC(=O)c1nn(CC(=O)N2[C@H]3CCC(C3)C[C@H]2C(=O)NCc2cccc(Cl)c2F)c2ccc(CCO)cc12. The monoisotopic (exact) mass is 541 g/mol. The van der Waals surface area contributed by atoms with Crippen molar-refractivity contribution in [3.63, 3.8) is 0 Å². The van der Waals surface area contributed by atoms with Gasteiger partial charge in [-0.1, -0.05) is 29.8 Å². The zero-order valence-corrected chi connectivity index (χ0v) is 21.5. The Morgan fingerprint density at radius 2 is 2.00 bits per heavy atom. The number of hydrogen-bond donors (Lipinski definition) is 3. The fourth-order valence-corrected chi connectivity index (χ4v) is 6.01. The maximum atomic E-state index is 14.3. The van der Waals surface area contributed by atoms with Gasteiger partial charge in [0.25, 0.3) is 5.91 Å². The first kappa shape index (κ1) is 26.1. The van der Waals surface area contributed by atoms with Crippen LogP contribution in [-0.2, 0) is 29.1 Å². The fraction of sp³-hybridized carbons (Fsp3) is 0.407. The molecule has 1 saturated heterocycles. The highest BCUT2D eigenvalue weighted by molar-refractivity contribution is 6.30. The molecule has 38 heavy (non-hydrogen) atoms. The second kappa shape index (κ2) is 10.7. The molecule has 5 rings (SSSR count). The number of nitrogens with two attached hydrogens (primary N) is 1. The third-order valence-corrected chi connectivity index (χ3v) is 7.90. The number of halogens is 2. The number of piperidine rings is 1. The highest BCUT2D eigenvalue weighted by Crippen LogP contribution is 2.40. The Labute approximate surface area is 223 Å². The molecule has 3 atom stereocenters. The Morgan fingerprint density at radius 3 is 2.76 bits per heavy atom. The van der Waals surface area contributed by atoms with Gasteiger partial charge in [0.15, 0.2) is 5.69 Å². The van der Waals surface area contributed by atoms with Gasteiger partial charge in [0.05, 0.1) is 10.5 Å². The second-order valence-corrected chi connectivity index (χ2v) is 10.4. The molecular weight excluding hydrogens is 513 g/mol. The van der Waals surface area contributed by atoms with Crippen LogP contribution in [0.2, 0.25) is 5.02 Å². The lowest BCUT2D eigenvalue weighted by atomic mass is 9.91. The lowest BCUT2D eigenvalue weighted by Crippen LogP contribution is -2.56. The van der Waals surface area contributed by atoms with Gasteiger partial charge in [-0.15, -0.1) is 0 Å². The van der Waals surface area contributed by atoms with Gasteiger partial charge in [0, 0.05) is 30.1 Å². The first-order valence-electron chi connectivity index (χ1n) is 12.7. The van der Waals surface area contributed by atoms with Crippen LogP contribution in [0.25, 0.3) is 10.9 Å². The van der Waals surface area contributed by atoms with Crippen molar-refractivity contribution in [2.45, 2.75) is 57.3 Å². The number of rotatable bonds is 8. The van der Waals surface area contributed by atoms with E-state index in [0.29, 0.717) is 29.7 Å². The lowest BCUT2D eigenvalue weighted by Gasteiger charge is -2.40. The average Bonchev–Trinajstić information content (AvgIpc) is 3.44. The summed E-state index contributed by atoms with van der Waals surface area (Å²) in [5, 5.41) is 16.9. The minimum Gasteiger partial charge on any atom is -0.396 e. The minimum absolute atomic E-state index is 0.0190. The van der Waals surface area contributed by atoms with E-state index in [1.54, 1.807) is 35.2 Å². The Morgan fingerprint density at radius 1 is 1.18 bits per heavy atom. The number of aromatic nitrogens is 2. The van der Waals surface area contributed by atoms with E-state index in [2.05, 4.69) is 10.4 Å². The molecule has 2 fully saturated rings. The Hall–Kier alpha value is -3.50. The van der Waals surface area contributed by atoms with Gasteiger partial charge in [-0.25, -0.2) is 4.39 Å². The van der Waals surface area contributed by atoms with Crippen molar-refractivity contribution in [1.82, 2.24) is 20.0 Å². The molecule has 200 valence electrons. The first-order valence-corrected chi connectivity index (χ1v) is 13.1. The molecule has 11 heteroatoms. The fourth-order valence-electron chi connectivity index (χ4n) is 5.82. The zero-order chi connectivity index (χ0) is 27.0. The molecule has 2 bridgehead atoms. The molecule has 1 aliphatic carbocycles. The summed E-state index contributed by atoms with van der Waals surface area (Å²) >= 11 is 5.86. The standard InChI is InChI=1S/C27H29ClFN5O4/c28-20-3-1-2-17(24(20)29)13-31-27(38)22-12-16-4-6-18(10-16)34(22)23(36)14-33-21-7-5-15(8-9-35)11-19(21)25(32-33)26(30)37/h1-3,5,7,11,16,18,22,35H,4,6,8-10,12-14H2,(H2,30,37)(H,31,38)/t16?,18-,22-/m0/s1. The average molecular weight is 542 g/mol. The third kappa shape index (κ3) is 4.98. The van der Waals surface area contributed by atoms with E-state index in [9.17, 15) is 23.9 Å². The van der Waals surface area contributed by atoms with E-state index in [-0.39, 0.29) is 53.8 Å². The van der Waals surface area contributed by atoms with Gasteiger partial charge in [-0.3, -0.25) is 19.1 Å². The number of aliphatic hydroxyl groups excluding tert-OH is 1. The van der Waals surface area contributed by atoms with Crippen molar-refractivity contribution in [1.29, 1.82) is 0 Å². The predicted molar refractivity (Wildman–Crippen MR) is 139 cm³/mol. The van der Waals surface area contributed by atoms with Gasteiger partial charge in [-0.2, -0.15) is 5.10 Å². The van der Waals surface area contributed by atoms with Gasteiger partial charge in [0.2, 0.25) is 11.8 Å². The van der Waals surface area contributed by atoms with Crippen LogP contribution in [0.5, 0.6) is 0 Å². The molecular formula is C27H29ClFN5O4. The van der Waals surface area contributed by atoms with Crippen molar-refractivity contribution in [2.24, 2.45) is 11.7 Å². The minimum atomic E-state index is -0.718. The number of carbonyl (C=O) groups excluding carboxylic acids is 3. The molecule has 1 aliphatic heterocycles. The molecule has 0 radical (unpaired) electrons. The van der Waals surface area contributed by atoms with E-state index in [1.165, 1.54) is 10.7 Å². The van der Waals surface area contributed by atoms with Crippen LogP contribution in [0, 0.1) is 11.7 Å². The molecule has 1 unspecified atom stereocenters. The highest BCUT2D eigenvalue weighted by atomic mass is 35.5. The summed E-state index contributed by atoms with van der Waals surface area (Å²) in [6, 6.07) is 9.15. The van der Waals surface area contributed by atoms with Gasteiger partial charge in [0.1, 0.15) is 18.4 Å². The van der Waals surface area contributed by atoms with E-state index in [1.807, 2.05) is 0 Å². The Bertz CT molecular complexity index is 1410. The van der Waals surface area contributed by atoms with Crippen molar-refractivity contribution in [2.75, 3.05) is 6.61 Å². The first-order chi connectivity index (χ1) is 18.3. The number of aliphatic hydroxyl groups is 1. The number of primary amides is 1. The highest BCUT2D eigenvalue weighted by Gasteiger charge is 2.45. The third-order valence-electron chi connectivity index (χ3n) is 7.61. The van der Waals surface area contributed by atoms with Crippen molar-refractivity contribution < 1.29 is 23.9 Å². The molecule has 0 spiro atoms. The van der Waals surface area contributed by atoms with Crippen molar-refractivity contribution in [3.05, 3.63) is 64.1 Å². The van der Waals surface area contributed by atoms with Crippen LogP contribution in [0.3, 0.4) is 0 Å². The quantitative estimate of drug-likeness (QED) is 0.403. The summed E-state index contributed by atoms with van der Waals surface area (Å²) in [6.45, 7) is -0.257. The molecule has 1 saturated carbocycles.